The summed E-state index contributed by atoms with van der Waals surface area (Å²) in [7, 11) is 3.28. The topological polar surface area (TPSA) is 113 Å². The van der Waals surface area contributed by atoms with Crippen molar-refractivity contribution in [2.24, 2.45) is 5.92 Å². The second-order valence-corrected chi connectivity index (χ2v) is 8.29. The molecule has 2 aromatic carbocycles. The molecule has 34 heavy (non-hydrogen) atoms. The fourth-order valence-corrected chi connectivity index (χ4v) is 3.65. The third-order valence-electron chi connectivity index (χ3n) is 5.70. The van der Waals surface area contributed by atoms with Gasteiger partial charge in [-0.05, 0) is 42.3 Å². The van der Waals surface area contributed by atoms with Crippen molar-refractivity contribution in [1.82, 2.24) is 9.80 Å². The SMILES string of the molecule is CC[C@H](C)[C@@H](C(=O)OCC(=O)Nc1ccc(C(=O)N(C)C)cc1)N1C(=O)c2ccccc2C1=O. The highest BCUT2D eigenvalue weighted by atomic mass is 16.5. The van der Waals surface area contributed by atoms with Crippen LogP contribution in [-0.4, -0.2) is 66.1 Å². The number of amides is 4. The van der Waals surface area contributed by atoms with Crippen molar-refractivity contribution in [3.05, 3.63) is 65.2 Å². The van der Waals surface area contributed by atoms with Gasteiger partial charge in [0.25, 0.3) is 23.6 Å². The lowest BCUT2D eigenvalue weighted by Crippen LogP contribution is -2.49. The van der Waals surface area contributed by atoms with Gasteiger partial charge in [-0.25, -0.2) is 4.79 Å². The van der Waals surface area contributed by atoms with E-state index in [-0.39, 0.29) is 23.0 Å². The van der Waals surface area contributed by atoms with Crippen LogP contribution < -0.4 is 5.32 Å². The number of carbonyl (C=O) groups excluding carboxylic acids is 5. The lowest BCUT2D eigenvalue weighted by Gasteiger charge is -2.28. The molecule has 178 valence electrons. The Balaban J connectivity index is 1.66. The number of hydrogen-bond acceptors (Lipinski definition) is 6. The molecule has 0 saturated heterocycles. The maximum Gasteiger partial charge on any atom is 0.330 e. The molecule has 4 amide bonds. The van der Waals surface area contributed by atoms with E-state index in [2.05, 4.69) is 5.32 Å². The maximum absolute atomic E-state index is 12.9. The normalized spacial score (nSPS) is 14.3. The zero-order chi connectivity index (χ0) is 25.0. The van der Waals surface area contributed by atoms with Crippen LogP contribution in [0.5, 0.6) is 0 Å². The zero-order valence-electron chi connectivity index (χ0n) is 19.5. The first-order valence-corrected chi connectivity index (χ1v) is 10.9. The standard InChI is InChI=1S/C25H27N3O6/c1-5-15(2)21(28-23(31)18-8-6-7-9-19(18)24(28)32)25(33)34-14-20(29)26-17-12-10-16(11-13-17)22(30)27(3)4/h6-13,15,21H,5,14H2,1-4H3,(H,26,29)/t15-,21-/m0/s1. The van der Waals surface area contributed by atoms with Crippen LogP contribution in [0.4, 0.5) is 5.69 Å². The molecule has 0 fully saturated rings. The number of esters is 1. The Kier molecular flexibility index (Phi) is 7.45. The molecular weight excluding hydrogens is 438 g/mol. The van der Waals surface area contributed by atoms with E-state index in [1.54, 1.807) is 69.6 Å². The van der Waals surface area contributed by atoms with E-state index in [4.69, 9.17) is 4.74 Å². The van der Waals surface area contributed by atoms with E-state index in [0.717, 1.165) is 4.90 Å². The van der Waals surface area contributed by atoms with Crippen LogP contribution in [0.2, 0.25) is 0 Å². The van der Waals surface area contributed by atoms with Crippen molar-refractivity contribution in [3.63, 3.8) is 0 Å². The highest BCUT2D eigenvalue weighted by Crippen LogP contribution is 2.28. The Morgan fingerprint density at radius 2 is 1.53 bits per heavy atom. The molecule has 0 unspecified atom stereocenters. The van der Waals surface area contributed by atoms with Gasteiger partial charge < -0.3 is 15.0 Å². The number of anilines is 1. The summed E-state index contributed by atoms with van der Waals surface area (Å²) in [5.74, 6) is -3.08. The molecule has 0 radical (unpaired) electrons. The summed E-state index contributed by atoms with van der Waals surface area (Å²) in [5, 5.41) is 2.59. The fraction of sp³-hybridized carbons (Fsp3) is 0.320. The van der Waals surface area contributed by atoms with Crippen molar-refractivity contribution >= 4 is 35.3 Å². The van der Waals surface area contributed by atoms with Gasteiger partial charge in [0, 0.05) is 25.3 Å². The smallest absolute Gasteiger partial charge is 0.330 e. The van der Waals surface area contributed by atoms with Gasteiger partial charge in [0.15, 0.2) is 6.61 Å². The molecule has 1 heterocycles. The van der Waals surface area contributed by atoms with Crippen molar-refractivity contribution < 1.29 is 28.7 Å². The maximum atomic E-state index is 12.9. The van der Waals surface area contributed by atoms with Gasteiger partial charge in [0.2, 0.25) is 0 Å². The van der Waals surface area contributed by atoms with Crippen LogP contribution in [0.25, 0.3) is 0 Å². The summed E-state index contributed by atoms with van der Waals surface area (Å²) >= 11 is 0. The van der Waals surface area contributed by atoms with Crippen LogP contribution in [0.3, 0.4) is 0 Å². The van der Waals surface area contributed by atoms with Crippen molar-refractivity contribution in [2.75, 3.05) is 26.0 Å². The summed E-state index contributed by atoms with van der Waals surface area (Å²) in [6.07, 6.45) is 0.511. The quantitative estimate of drug-likeness (QED) is 0.474. The molecule has 2 aromatic rings. The molecule has 0 saturated carbocycles. The average Bonchev–Trinajstić information content (AvgIpc) is 3.08. The first-order chi connectivity index (χ1) is 16.1. The Hall–Kier alpha value is -4.01. The lowest BCUT2D eigenvalue weighted by atomic mass is 9.97. The molecule has 9 nitrogen and oxygen atoms in total. The third kappa shape index (κ3) is 4.98. The monoisotopic (exact) mass is 465 g/mol. The lowest BCUT2D eigenvalue weighted by molar-refractivity contribution is -0.152. The minimum atomic E-state index is -1.15. The number of nitrogens with one attached hydrogen (secondary N) is 1. The third-order valence-corrected chi connectivity index (χ3v) is 5.70. The highest BCUT2D eigenvalue weighted by Gasteiger charge is 2.45. The number of ether oxygens (including phenoxy) is 1. The molecule has 3 rings (SSSR count). The summed E-state index contributed by atoms with van der Waals surface area (Å²) in [6.45, 7) is 2.99. The largest absolute Gasteiger partial charge is 0.454 e. The minimum Gasteiger partial charge on any atom is -0.454 e. The summed E-state index contributed by atoms with van der Waals surface area (Å²) < 4.78 is 5.20. The fourth-order valence-electron chi connectivity index (χ4n) is 3.65. The molecule has 9 heteroatoms. The molecular formula is C25H27N3O6. The van der Waals surface area contributed by atoms with Gasteiger partial charge in [-0.15, -0.1) is 0 Å². The number of carbonyl (C=O) groups is 5. The Bertz CT molecular complexity index is 1090. The van der Waals surface area contributed by atoms with Gasteiger partial charge in [-0.1, -0.05) is 32.4 Å². The second-order valence-electron chi connectivity index (χ2n) is 8.29. The Morgan fingerprint density at radius 1 is 0.971 bits per heavy atom. The highest BCUT2D eigenvalue weighted by molar-refractivity contribution is 6.22. The molecule has 0 spiro atoms. The van der Waals surface area contributed by atoms with E-state index in [1.807, 2.05) is 6.92 Å². The first-order valence-electron chi connectivity index (χ1n) is 10.9. The summed E-state index contributed by atoms with van der Waals surface area (Å²) in [6, 6.07) is 11.5. The second kappa shape index (κ2) is 10.3. The van der Waals surface area contributed by atoms with Crippen molar-refractivity contribution in [2.45, 2.75) is 26.3 Å². The zero-order valence-corrected chi connectivity index (χ0v) is 19.5. The summed E-state index contributed by atoms with van der Waals surface area (Å²) in [4.78, 5) is 65.3. The van der Waals surface area contributed by atoms with Gasteiger partial charge in [0.05, 0.1) is 11.1 Å². The van der Waals surface area contributed by atoms with Crippen LogP contribution in [-0.2, 0) is 14.3 Å². The molecule has 1 N–H and O–H groups in total. The van der Waals surface area contributed by atoms with Crippen molar-refractivity contribution in [3.8, 4) is 0 Å². The predicted molar refractivity (Wildman–Crippen MR) is 124 cm³/mol. The number of rotatable bonds is 8. The van der Waals surface area contributed by atoms with E-state index < -0.39 is 36.3 Å². The van der Waals surface area contributed by atoms with E-state index in [1.165, 1.54) is 4.90 Å². The molecule has 2 atom stereocenters. The van der Waals surface area contributed by atoms with Crippen LogP contribution in [0, 0.1) is 5.92 Å². The summed E-state index contributed by atoms with van der Waals surface area (Å²) in [5.41, 5.74) is 1.37. The van der Waals surface area contributed by atoms with Crippen LogP contribution in [0.15, 0.2) is 48.5 Å². The van der Waals surface area contributed by atoms with E-state index >= 15 is 0 Å². The van der Waals surface area contributed by atoms with Gasteiger partial charge >= 0.3 is 5.97 Å². The number of hydrogen-bond donors (Lipinski definition) is 1. The molecule has 1 aliphatic heterocycles. The number of nitrogens with zero attached hydrogens (tertiary/aromatic N) is 2. The van der Waals surface area contributed by atoms with Crippen molar-refractivity contribution in [1.29, 1.82) is 0 Å². The Labute approximate surface area is 197 Å². The molecule has 1 aliphatic rings. The predicted octanol–water partition coefficient (Wildman–Crippen LogP) is 2.58. The molecule has 0 aromatic heterocycles. The van der Waals surface area contributed by atoms with E-state index in [9.17, 15) is 24.0 Å². The van der Waals surface area contributed by atoms with Crippen LogP contribution in [0.1, 0.15) is 51.3 Å². The number of benzene rings is 2. The average molecular weight is 466 g/mol. The van der Waals surface area contributed by atoms with Crippen LogP contribution >= 0.6 is 0 Å². The number of imide groups is 1. The Morgan fingerprint density at radius 3 is 2.03 bits per heavy atom. The molecule has 0 aliphatic carbocycles. The van der Waals surface area contributed by atoms with Gasteiger partial charge in [-0.2, -0.15) is 0 Å². The van der Waals surface area contributed by atoms with E-state index in [0.29, 0.717) is 17.7 Å². The minimum absolute atomic E-state index is 0.170. The van der Waals surface area contributed by atoms with Gasteiger partial charge in [-0.3, -0.25) is 24.1 Å². The molecule has 0 bridgehead atoms. The first kappa shape index (κ1) is 24.6. The number of fused-ring (bicyclic) bond motifs is 1. The van der Waals surface area contributed by atoms with Gasteiger partial charge in [0.1, 0.15) is 6.04 Å².